The lowest BCUT2D eigenvalue weighted by molar-refractivity contribution is -0.149. The summed E-state index contributed by atoms with van der Waals surface area (Å²) in [6.07, 6.45) is 2.44. The summed E-state index contributed by atoms with van der Waals surface area (Å²) in [4.78, 5) is 12.5. The van der Waals surface area contributed by atoms with Gasteiger partial charge in [0.15, 0.2) is 0 Å². The average molecular weight is 312 g/mol. The molecule has 0 saturated heterocycles. The molecule has 0 fully saturated rings. The number of carbonyl (C=O) groups is 1. The summed E-state index contributed by atoms with van der Waals surface area (Å²) in [5.41, 5.74) is 0.150. The summed E-state index contributed by atoms with van der Waals surface area (Å²) >= 11 is 6.03. The summed E-state index contributed by atoms with van der Waals surface area (Å²) in [6, 6.07) is 7.45. The maximum Gasteiger partial charge on any atom is 0.331 e. The molecule has 1 aromatic rings. The van der Waals surface area contributed by atoms with E-state index < -0.39 is 5.54 Å². The van der Waals surface area contributed by atoms with E-state index in [1.165, 1.54) is 0 Å². The first-order valence-electron chi connectivity index (χ1n) is 7.68. The van der Waals surface area contributed by atoms with Crippen LogP contribution in [-0.2, 0) is 9.53 Å². The summed E-state index contributed by atoms with van der Waals surface area (Å²) in [5, 5.41) is 4.02. The van der Waals surface area contributed by atoms with E-state index in [1.54, 1.807) is 0 Å². The maximum absolute atomic E-state index is 12.5. The molecule has 2 unspecified atom stereocenters. The molecule has 0 aromatic heterocycles. The second kappa shape index (κ2) is 8.28. The van der Waals surface area contributed by atoms with E-state index in [-0.39, 0.29) is 5.97 Å². The minimum atomic E-state index is -0.698. The monoisotopic (exact) mass is 311 g/mol. The Hall–Kier alpha value is -1.22. The van der Waals surface area contributed by atoms with Crippen LogP contribution in [0.5, 0.6) is 0 Å². The van der Waals surface area contributed by atoms with Crippen molar-refractivity contribution in [3.63, 3.8) is 0 Å². The normalized spacial score (nSPS) is 15.1. The molecule has 0 aliphatic carbocycles. The standard InChI is InChI=1S/C17H26ClNO2/c1-5-13(4)12-17(6-2,16(20)21-7-3)19-15-10-8-9-14(18)11-15/h8-11,13,19H,5-7,12H2,1-4H3. The van der Waals surface area contributed by atoms with Crippen LogP contribution < -0.4 is 5.32 Å². The Morgan fingerprint density at radius 1 is 1.38 bits per heavy atom. The van der Waals surface area contributed by atoms with Gasteiger partial charge in [0.2, 0.25) is 0 Å². The fourth-order valence-electron chi connectivity index (χ4n) is 2.41. The van der Waals surface area contributed by atoms with Crippen molar-refractivity contribution in [1.29, 1.82) is 0 Å². The number of rotatable bonds is 8. The second-order valence-electron chi connectivity index (χ2n) is 5.51. The lowest BCUT2D eigenvalue weighted by Crippen LogP contribution is -2.48. The first kappa shape index (κ1) is 17.8. The third-order valence-electron chi connectivity index (χ3n) is 3.87. The molecule has 1 rings (SSSR count). The number of benzene rings is 1. The Morgan fingerprint density at radius 3 is 2.62 bits per heavy atom. The van der Waals surface area contributed by atoms with Gasteiger partial charge in [-0.15, -0.1) is 0 Å². The van der Waals surface area contributed by atoms with E-state index in [0.29, 0.717) is 24.0 Å². The molecule has 0 heterocycles. The van der Waals surface area contributed by atoms with Crippen LogP contribution in [0.1, 0.15) is 47.0 Å². The minimum Gasteiger partial charge on any atom is -0.464 e. The molecule has 0 saturated carbocycles. The molecule has 0 radical (unpaired) electrons. The topological polar surface area (TPSA) is 38.3 Å². The predicted molar refractivity (Wildman–Crippen MR) is 88.8 cm³/mol. The molecular formula is C17H26ClNO2. The van der Waals surface area contributed by atoms with Crippen LogP contribution in [0.2, 0.25) is 5.02 Å². The molecule has 1 N–H and O–H groups in total. The third kappa shape index (κ3) is 4.92. The zero-order valence-electron chi connectivity index (χ0n) is 13.4. The second-order valence-corrected chi connectivity index (χ2v) is 5.95. The van der Waals surface area contributed by atoms with Crippen molar-refractivity contribution in [2.75, 3.05) is 11.9 Å². The van der Waals surface area contributed by atoms with Crippen LogP contribution in [0.15, 0.2) is 24.3 Å². The van der Waals surface area contributed by atoms with Gasteiger partial charge in [-0.25, -0.2) is 4.79 Å². The van der Waals surface area contributed by atoms with Gasteiger partial charge in [0.25, 0.3) is 0 Å². The predicted octanol–water partition coefficient (Wildman–Crippen LogP) is 4.90. The number of nitrogens with one attached hydrogen (secondary N) is 1. The molecule has 3 nitrogen and oxygen atoms in total. The molecule has 0 bridgehead atoms. The minimum absolute atomic E-state index is 0.187. The Morgan fingerprint density at radius 2 is 2.10 bits per heavy atom. The van der Waals surface area contributed by atoms with Gasteiger partial charge in [-0.2, -0.15) is 0 Å². The zero-order valence-corrected chi connectivity index (χ0v) is 14.2. The van der Waals surface area contributed by atoms with Gasteiger partial charge in [0.1, 0.15) is 5.54 Å². The molecule has 4 heteroatoms. The highest BCUT2D eigenvalue weighted by molar-refractivity contribution is 6.30. The molecule has 0 aliphatic rings. The Balaban J connectivity index is 3.06. The van der Waals surface area contributed by atoms with E-state index in [0.717, 1.165) is 18.5 Å². The van der Waals surface area contributed by atoms with Crippen molar-refractivity contribution in [2.45, 2.75) is 52.5 Å². The molecule has 21 heavy (non-hydrogen) atoms. The fraction of sp³-hybridized carbons (Fsp3) is 0.588. The SMILES string of the molecule is CCOC(=O)C(CC)(CC(C)CC)Nc1cccc(Cl)c1. The molecule has 1 aromatic carbocycles. The van der Waals surface area contributed by atoms with Crippen molar-refractivity contribution >= 4 is 23.3 Å². The van der Waals surface area contributed by atoms with Crippen LogP contribution in [-0.4, -0.2) is 18.1 Å². The molecule has 2 atom stereocenters. The third-order valence-corrected chi connectivity index (χ3v) is 4.11. The molecule has 0 amide bonds. The van der Waals surface area contributed by atoms with Gasteiger partial charge < -0.3 is 10.1 Å². The van der Waals surface area contributed by atoms with Gasteiger partial charge in [-0.3, -0.25) is 0 Å². The van der Waals surface area contributed by atoms with Crippen LogP contribution >= 0.6 is 11.6 Å². The Bertz CT molecular complexity index is 464. The lowest BCUT2D eigenvalue weighted by Gasteiger charge is -2.34. The summed E-state index contributed by atoms with van der Waals surface area (Å²) in [7, 11) is 0. The van der Waals surface area contributed by atoms with Crippen molar-refractivity contribution in [2.24, 2.45) is 5.92 Å². The summed E-state index contributed by atoms with van der Waals surface area (Å²) in [5.74, 6) is 0.244. The molecule has 0 aliphatic heterocycles. The molecule has 118 valence electrons. The highest BCUT2D eigenvalue weighted by Crippen LogP contribution is 2.30. The number of halogens is 1. The Kier molecular flexibility index (Phi) is 7.03. The van der Waals surface area contributed by atoms with Gasteiger partial charge >= 0.3 is 5.97 Å². The van der Waals surface area contributed by atoms with Crippen molar-refractivity contribution in [1.82, 2.24) is 0 Å². The number of hydrogen-bond donors (Lipinski definition) is 1. The van der Waals surface area contributed by atoms with Crippen molar-refractivity contribution in [3.8, 4) is 0 Å². The van der Waals surface area contributed by atoms with Gasteiger partial charge in [-0.1, -0.05) is 44.9 Å². The van der Waals surface area contributed by atoms with Crippen LogP contribution in [0.4, 0.5) is 5.69 Å². The van der Waals surface area contributed by atoms with E-state index >= 15 is 0 Å². The van der Waals surface area contributed by atoms with Crippen molar-refractivity contribution < 1.29 is 9.53 Å². The fourth-order valence-corrected chi connectivity index (χ4v) is 2.60. The lowest BCUT2D eigenvalue weighted by atomic mass is 9.84. The number of carbonyl (C=O) groups excluding carboxylic acids is 1. The van der Waals surface area contributed by atoms with Crippen LogP contribution in [0.25, 0.3) is 0 Å². The highest BCUT2D eigenvalue weighted by Gasteiger charge is 2.39. The average Bonchev–Trinajstić information content (AvgIpc) is 2.46. The maximum atomic E-state index is 12.5. The van der Waals surface area contributed by atoms with E-state index in [2.05, 4.69) is 19.2 Å². The van der Waals surface area contributed by atoms with Gasteiger partial charge in [0.05, 0.1) is 6.61 Å². The summed E-state index contributed by atoms with van der Waals surface area (Å²) in [6.45, 7) is 8.52. The quantitative estimate of drug-likeness (QED) is 0.694. The molecule has 0 spiro atoms. The number of ether oxygens (including phenoxy) is 1. The Labute approximate surface area is 133 Å². The largest absolute Gasteiger partial charge is 0.464 e. The first-order valence-corrected chi connectivity index (χ1v) is 8.06. The van der Waals surface area contributed by atoms with E-state index in [4.69, 9.17) is 16.3 Å². The highest BCUT2D eigenvalue weighted by atomic mass is 35.5. The summed E-state index contributed by atoms with van der Waals surface area (Å²) < 4.78 is 5.31. The van der Waals surface area contributed by atoms with E-state index in [9.17, 15) is 4.79 Å². The zero-order chi connectivity index (χ0) is 15.9. The number of esters is 1. The van der Waals surface area contributed by atoms with E-state index in [1.807, 2.05) is 38.1 Å². The van der Waals surface area contributed by atoms with Crippen molar-refractivity contribution in [3.05, 3.63) is 29.3 Å². The van der Waals surface area contributed by atoms with Crippen LogP contribution in [0.3, 0.4) is 0 Å². The van der Waals surface area contributed by atoms with Gasteiger partial charge in [0, 0.05) is 10.7 Å². The number of anilines is 1. The smallest absolute Gasteiger partial charge is 0.331 e. The molecular weight excluding hydrogens is 286 g/mol. The van der Waals surface area contributed by atoms with Gasteiger partial charge in [-0.05, 0) is 43.9 Å². The number of hydrogen-bond acceptors (Lipinski definition) is 3. The first-order chi connectivity index (χ1) is 9.97. The van der Waals surface area contributed by atoms with Crippen LogP contribution in [0, 0.1) is 5.92 Å².